The predicted molar refractivity (Wildman–Crippen MR) is 120 cm³/mol. The summed E-state index contributed by atoms with van der Waals surface area (Å²) in [6, 6.07) is 10.7. The molecule has 0 bridgehead atoms. The quantitative estimate of drug-likeness (QED) is 0.684. The minimum atomic E-state index is -0.560. The Morgan fingerprint density at radius 1 is 1.29 bits per heavy atom. The summed E-state index contributed by atoms with van der Waals surface area (Å²) in [4.78, 5) is 30.0. The van der Waals surface area contributed by atoms with Crippen LogP contribution in [0.2, 0.25) is 0 Å². The SMILES string of the molecule is N#C[C@]1(c2ccc(-c3ccc(N4C[C@H](CNC(=O)C5CC5)OC4=O)cc3F)cn2)[C@@H]2CNC[C@@H]21. The highest BCUT2D eigenvalue weighted by molar-refractivity contribution is 5.90. The maximum absolute atomic E-state index is 15.0. The average Bonchev–Trinajstić information content (AvgIpc) is 3.70. The van der Waals surface area contributed by atoms with Crippen LogP contribution in [-0.2, 0) is 14.9 Å². The molecular weight excluding hydrogens is 437 g/mol. The number of nitrogens with zero attached hydrogens (tertiary/aromatic N) is 3. The van der Waals surface area contributed by atoms with Crippen molar-refractivity contribution in [2.24, 2.45) is 17.8 Å². The lowest BCUT2D eigenvalue weighted by atomic mass is 9.96. The minimum absolute atomic E-state index is 0.00762. The third-order valence-electron chi connectivity index (χ3n) is 7.55. The Hall–Kier alpha value is -3.51. The van der Waals surface area contributed by atoms with Crippen molar-refractivity contribution < 1.29 is 18.7 Å². The van der Waals surface area contributed by atoms with Crippen molar-refractivity contribution in [2.45, 2.75) is 24.4 Å². The van der Waals surface area contributed by atoms with E-state index in [-0.39, 0.29) is 36.8 Å². The summed E-state index contributed by atoms with van der Waals surface area (Å²) in [6.07, 6.45) is 2.39. The van der Waals surface area contributed by atoms with E-state index in [9.17, 15) is 14.9 Å². The molecule has 2 amide bonds. The molecule has 34 heavy (non-hydrogen) atoms. The van der Waals surface area contributed by atoms with Gasteiger partial charge in [-0.2, -0.15) is 5.26 Å². The molecular formula is C25H24FN5O3. The first-order valence-corrected chi connectivity index (χ1v) is 11.7. The number of benzene rings is 1. The van der Waals surface area contributed by atoms with Gasteiger partial charge >= 0.3 is 6.09 Å². The van der Waals surface area contributed by atoms with E-state index in [2.05, 4.69) is 21.7 Å². The Morgan fingerprint density at radius 2 is 2.09 bits per heavy atom. The number of hydrogen-bond acceptors (Lipinski definition) is 6. The summed E-state index contributed by atoms with van der Waals surface area (Å²) < 4.78 is 20.4. The number of halogens is 1. The monoisotopic (exact) mass is 461 g/mol. The van der Waals surface area contributed by atoms with Gasteiger partial charge in [0.2, 0.25) is 5.91 Å². The van der Waals surface area contributed by atoms with Crippen LogP contribution < -0.4 is 15.5 Å². The highest BCUT2D eigenvalue weighted by atomic mass is 19.1. The molecule has 4 atom stereocenters. The number of rotatable bonds is 6. The van der Waals surface area contributed by atoms with Crippen LogP contribution in [0.4, 0.5) is 14.9 Å². The van der Waals surface area contributed by atoms with E-state index in [1.54, 1.807) is 24.4 Å². The molecule has 1 aromatic carbocycles. The molecule has 2 saturated carbocycles. The lowest BCUT2D eigenvalue weighted by molar-refractivity contribution is -0.122. The number of carbonyl (C=O) groups excluding carboxylic acids is 2. The van der Waals surface area contributed by atoms with E-state index >= 15 is 4.39 Å². The highest BCUT2D eigenvalue weighted by Crippen LogP contribution is 2.60. The van der Waals surface area contributed by atoms with Crippen molar-refractivity contribution in [3.8, 4) is 17.2 Å². The number of pyridine rings is 1. The highest BCUT2D eigenvalue weighted by Gasteiger charge is 2.69. The van der Waals surface area contributed by atoms with Gasteiger partial charge in [-0.1, -0.05) is 6.07 Å². The van der Waals surface area contributed by atoms with Gasteiger partial charge in [0.1, 0.15) is 17.3 Å². The second-order valence-electron chi connectivity index (χ2n) is 9.58. The molecule has 2 aromatic rings. The van der Waals surface area contributed by atoms with Gasteiger partial charge in [0.25, 0.3) is 0 Å². The first kappa shape index (κ1) is 21.1. The lowest BCUT2D eigenvalue weighted by Crippen LogP contribution is -2.35. The average molecular weight is 461 g/mol. The molecule has 2 saturated heterocycles. The zero-order chi connectivity index (χ0) is 23.4. The van der Waals surface area contributed by atoms with Gasteiger partial charge in [0.05, 0.1) is 30.5 Å². The second kappa shape index (κ2) is 7.77. The number of ether oxygens (including phenoxy) is 1. The largest absolute Gasteiger partial charge is 0.442 e. The first-order chi connectivity index (χ1) is 16.5. The number of fused-ring (bicyclic) bond motifs is 1. The summed E-state index contributed by atoms with van der Waals surface area (Å²) >= 11 is 0. The van der Waals surface area contributed by atoms with E-state index in [0.717, 1.165) is 31.6 Å². The van der Waals surface area contributed by atoms with Crippen LogP contribution in [0, 0.1) is 34.9 Å². The van der Waals surface area contributed by atoms with Gasteiger partial charge in [0.15, 0.2) is 0 Å². The fraction of sp³-hybridized carbons (Fsp3) is 0.440. The molecule has 6 rings (SSSR count). The Balaban J connectivity index is 1.15. The molecule has 9 heteroatoms. The van der Waals surface area contributed by atoms with Crippen molar-refractivity contribution in [2.75, 3.05) is 31.1 Å². The van der Waals surface area contributed by atoms with Crippen LogP contribution in [0.15, 0.2) is 36.5 Å². The molecule has 0 radical (unpaired) electrons. The second-order valence-corrected chi connectivity index (χ2v) is 9.58. The molecule has 2 N–H and O–H groups in total. The fourth-order valence-corrected chi connectivity index (χ4v) is 5.39. The number of anilines is 1. The van der Waals surface area contributed by atoms with Crippen molar-refractivity contribution in [1.29, 1.82) is 5.26 Å². The third kappa shape index (κ3) is 3.32. The van der Waals surface area contributed by atoms with Crippen LogP contribution in [0.5, 0.6) is 0 Å². The van der Waals surface area contributed by atoms with E-state index in [0.29, 0.717) is 16.8 Å². The predicted octanol–water partition coefficient (Wildman–Crippen LogP) is 2.35. The molecule has 2 aliphatic heterocycles. The summed E-state index contributed by atoms with van der Waals surface area (Å²) in [5.74, 6) is 0.181. The van der Waals surface area contributed by atoms with Crippen molar-refractivity contribution in [3.63, 3.8) is 0 Å². The molecule has 4 fully saturated rings. The van der Waals surface area contributed by atoms with E-state index < -0.39 is 23.4 Å². The number of nitriles is 1. The van der Waals surface area contributed by atoms with Crippen LogP contribution in [0.1, 0.15) is 18.5 Å². The molecule has 0 unspecified atom stereocenters. The normalized spacial score (nSPS) is 29.4. The number of hydrogen-bond donors (Lipinski definition) is 2. The van der Waals surface area contributed by atoms with Crippen molar-refractivity contribution in [3.05, 3.63) is 48.0 Å². The number of nitrogens with one attached hydrogen (secondary N) is 2. The molecule has 174 valence electrons. The Bertz CT molecular complexity index is 1200. The van der Waals surface area contributed by atoms with Gasteiger partial charge in [-0.3, -0.25) is 14.7 Å². The maximum Gasteiger partial charge on any atom is 0.414 e. The Labute approximate surface area is 196 Å². The third-order valence-corrected chi connectivity index (χ3v) is 7.55. The first-order valence-electron chi connectivity index (χ1n) is 11.7. The molecule has 1 aromatic heterocycles. The Morgan fingerprint density at radius 3 is 2.74 bits per heavy atom. The maximum atomic E-state index is 15.0. The molecule has 4 aliphatic rings. The van der Waals surface area contributed by atoms with Crippen molar-refractivity contribution >= 4 is 17.7 Å². The number of cyclic esters (lactones) is 1. The van der Waals surface area contributed by atoms with Gasteiger partial charge in [-0.15, -0.1) is 0 Å². The number of carbonyl (C=O) groups is 2. The van der Waals surface area contributed by atoms with Crippen LogP contribution in [0.3, 0.4) is 0 Å². The van der Waals surface area contributed by atoms with Crippen LogP contribution >= 0.6 is 0 Å². The van der Waals surface area contributed by atoms with E-state index in [1.807, 2.05) is 6.07 Å². The van der Waals surface area contributed by atoms with Crippen LogP contribution in [0.25, 0.3) is 11.1 Å². The molecule has 0 spiro atoms. The van der Waals surface area contributed by atoms with Crippen molar-refractivity contribution in [1.82, 2.24) is 15.6 Å². The smallest absolute Gasteiger partial charge is 0.414 e. The molecule has 8 nitrogen and oxygen atoms in total. The van der Waals surface area contributed by atoms with Gasteiger partial charge in [-0.05, 0) is 37.1 Å². The summed E-state index contributed by atoms with van der Waals surface area (Å²) in [7, 11) is 0. The standard InChI is InChI=1S/C25H24FN5O3/c26-21-7-16(31-12-17(34-24(31)33)9-30-23(32)14-1-2-14)4-5-18(21)15-3-6-22(29-8-15)25(13-27)19-10-28-11-20(19)25/h3-8,14,17,19-20,28H,1-2,9-12H2,(H,30,32)/t17-,19-,20+,25+/m0/s1. The van der Waals surface area contributed by atoms with Gasteiger partial charge < -0.3 is 15.4 Å². The summed E-state index contributed by atoms with van der Waals surface area (Å²) in [6.45, 7) is 2.14. The van der Waals surface area contributed by atoms with Gasteiger partial charge in [-0.25, -0.2) is 9.18 Å². The Kier molecular flexibility index (Phi) is 4.81. The summed E-state index contributed by atoms with van der Waals surface area (Å²) in [5.41, 5.74) is 1.58. The number of aromatic nitrogens is 1. The summed E-state index contributed by atoms with van der Waals surface area (Å²) in [5, 5.41) is 15.9. The molecule has 3 heterocycles. The number of amides is 2. The van der Waals surface area contributed by atoms with E-state index in [4.69, 9.17) is 4.74 Å². The molecule has 2 aliphatic carbocycles. The fourth-order valence-electron chi connectivity index (χ4n) is 5.39. The van der Waals surface area contributed by atoms with Crippen LogP contribution in [-0.4, -0.2) is 49.3 Å². The van der Waals surface area contributed by atoms with E-state index in [1.165, 1.54) is 11.0 Å². The topological polar surface area (TPSA) is 107 Å². The number of piperidine rings is 1. The lowest BCUT2D eigenvalue weighted by Gasteiger charge is -2.15. The zero-order valence-corrected chi connectivity index (χ0v) is 18.5. The zero-order valence-electron chi connectivity index (χ0n) is 18.5. The van der Waals surface area contributed by atoms with Gasteiger partial charge in [0, 0.05) is 48.2 Å². The minimum Gasteiger partial charge on any atom is -0.442 e.